The van der Waals surface area contributed by atoms with Crippen LogP contribution in [0.25, 0.3) is 17.2 Å². The standard InChI is InChI=1S/C20H21N5O2/c1-12-5-7-13(8-6-12)18-22-20-24(11-17(26)21-14-9-10-14)16-4-2-3-15(16)19(27)25(20)23-18/h5-8,14H,2-4,9-11H2,1H3,(H,21,26). The quantitative estimate of drug-likeness (QED) is 0.764. The number of fused-ring (bicyclic) bond motifs is 2. The summed E-state index contributed by atoms with van der Waals surface area (Å²) >= 11 is 0. The Hall–Kier alpha value is -2.96. The molecular formula is C20H21N5O2. The average Bonchev–Trinajstić information content (AvgIpc) is 3.16. The van der Waals surface area contributed by atoms with Gasteiger partial charge < -0.3 is 9.88 Å². The molecule has 1 amide bonds. The average molecular weight is 363 g/mol. The maximum atomic E-state index is 12.9. The van der Waals surface area contributed by atoms with Gasteiger partial charge in [0.1, 0.15) is 6.54 Å². The zero-order chi connectivity index (χ0) is 18.5. The van der Waals surface area contributed by atoms with Crippen LogP contribution in [0.1, 0.15) is 36.1 Å². The van der Waals surface area contributed by atoms with Gasteiger partial charge in [-0.1, -0.05) is 29.8 Å². The summed E-state index contributed by atoms with van der Waals surface area (Å²) in [4.78, 5) is 30.0. The molecule has 0 unspecified atom stereocenters. The van der Waals surface area contributed by atoms with Crippen LogP contribution in [0, 0.1) is 6.92 Å². The van der Waals surface area contributed by atoms with Crippen molar-refractivity contribution >= 4 is 11.7 Å². The second kappa shape index (κ2) is 6.04. The summed E-state index contributed by atoms with van der Waals surface area (Å²) in [6.07, 6.45) is 4.54. The maximum absolute atomic E-state index is 12.9. The lowest BCUT2D eigenvalue weighted by atomic mass is 10.1. The minimum atomic E-state index is -0.109. The van der Waals surface area contributed by atoms with E-state index in [9.17, 15) is 9.59 Å². The second-order valence-electron chi connectivity index (χ2n) is 7.53. The molecule has 2 aliphatic carbocycles. The summed E-state index contributed by atoms with van der Waals surface area (Å²) in [5.74, 6) is 0.923. The van der Waals surface area contributed by atoms with E-state index in [1.165, 1.54) is 4.52 Å². The van der Waals surface area contributed by atoms with Gasteiger partial charge >= 0.3 is 0 Å². The van der Waals surface area contributed by atoms with Crippen molar-refractivity contribution in [3.05, 3.63) is 51.4 Å². The van der Waals surface area contributed by atoms with Crippen LogP contribution >= 0.6 is 0 Å². The Morgan fingerprint density at radius 2 is 2.00 bits per heavy atom. The molecule has 0 radical (unpaired) electrons. The first-order valence-corrected chi connectivity index (χ1v) is 9.48. The number of hydrogen-bond donors (Lipinski definition) is 1. The normalized spacial score (nSPS) is 15.9. The second-order valence-corrected chi connectivity index (χ2v) is 7.53. The van der Waals surface area contributed by atoms with Crippen molar-refractivity contribution in [2.24, 2.45) is 0 Å². The molecule has 1 N–H and O–H groups in total. The van der Waals surface area contributed by atoms with Gasteiger partial charge in [0.15, 0.2) is 5.82 Å². The Morgan fingerprint density at radius 1 is 1.22 bits per heavy atom. The lowest BCUT2D eigenvalue weighted by Crippen LogP contribution is -2.32. The van der Waals surface area contributed by atoms with Crippen LogP contribution in [-0.2, 0) is 24.2 Å². The molecule has 2 aromatic heterocycles. The van der Waals surface area contributed by atoms with E-state index in [1.54, 1.807) is 0 Å². The van der Waals surface area contributed by atoms with E-state index in [1.807, 2.05) is 35.8 Å². The van der Waals surface area contributed by atoms with Crippen LogP contribution in [0.5, 0.6) is 0 Å². The molecule has 1 aromatic carbocycles. The van der Waals surface area contributed by atoms with Crippen LogP contribution in [0.4, 0.5) is 0 Å². The predicted octanol–water partition coefficient (Wildman–Crippen LogP) is 1.63. The third kappa shape index (κ3) is 2.83. The first kappa shape index (κ1) is 16.2. The Kier molecular flexibility index (Phi) is 3.63. The molecule has 0 atom stereocenters. The smallest absolute Gasteiger partial charge is 0.279 e. The number of aryl methyl sites for hydroxylation is 1. The lowest BCUT2D eigenvalue weighted by Gasteiger charge is -2.13. The number of aromatic nitrogens is 4. The SMILES string of the molecule is Cc1ccc(-c2nc3n(CC(=O)NC4CC4)c4c(c(=O)n3n2)CCC4)cc1. The van der Waals surface area contributed by atoms with E-state index in [0.29, 0.717) is 17.6 Å². The molecule has 0 spiro atoms. The van der Waals surface area contributed by atoms with Crippen molar-refractivity contribution < 1.29 is 4.79 Å². The highest BCUT2D eigenvalue weighted by atomic mass is 16.2. The highest BCUT2D eigenvalue weighted by Gasteiger charge is 2.27. The molecule has 27 heavy (non-hydrogen) atoms. The lowest BCUT2D eigenvalue weighted by molar-refractivity contribution is -0.121. The number of benzene rings is 1. The molecule has 2 heterocycles. The largest absolute Gasteiger partial charge is 0.352 e. The fourth-order valence-electron chi connectivity index (χ4n) is 3.76. The van der Waals surface area contributed by atoms with E-state index in [2.05, 4.69) is 15.4 Å². The summed E-state index contributed by atoms with van der Waals surface area (Å²) in [5, 5.41) is 7.49. The van der Waals surface area contributed by atoms with E-state index in [4.69, 9.17) is 0 Å². The van der Waals surface area contributed by atoms with Crippen molar-refractivity contribution in [3.63, 3.8) is 0 Å². The van der Waals surface area contributed by atoms with Gasteiger partial charge in [-0.3, -0.25) is 9.59 Å². The number of nitrogens with one attached hydrogen (secondary N) is 1. The van der Waals surface area contributed by atoms with Gasteiger partial charge in [0, 0.05) is 22.9 Å². The summed E-state index contributed by atoms with van der Waals surface area (Å²) in [6, 6.07) is 8.20. The van der Waals surface area contributed by atoms with Gasteiger partial charge in [0.2, 0.25) is 11.7 Å². The molecule has 1 fully saturated rings. The molecule has 7 heteroatoms. The van der Waals surface area contributed by atoms with Crippen LogP contribution in [0.3, 0.4) is 0 Å². The number of rotatable bonds is 4. The summed E-state index contributed by atoms with van der Waals surface area (Å²) in [5.41, 5.74) is 3.60. The number of carbonyl (C=O) groups excluding carboxylic acids is 1. The summed E-state index contributed by atoms with van der Waals surface area (Å²) in [6.45, 7) is 2.20. The third-order valence-electron chi connectivity index (χ3n) is 5.35. The highest BCUT2D eigenvalue weighted by molar-refractivity contribution is 5.77. The molecule has 1 saturated carbocycles. The predicted molar refractivity (Wildman–Crippen MR) is 101 cm³/mol. The minimum absolute atomic E-state index is 0.0305. The van der Waals surface area contributed by atoms with Crippen molar-refractivity contribution in [2.75, 3.05) is 0 Å². The van der Waals surface area contributed by atoms with E-state index in [0.717, 1.165) is 54.5 Å². The molecule has 0 aliphatic heterocycles. The van der Waals surface area contributed by atoms with Gasteiger partial charge in [-0.25, -0.2) is 0 Å². The molecule has 3 aromatic rings. The fourth-order valence-corrected chi connectivity index (χ4v) is 3.76. The fraction of sp³-hybridized carbons (Fsp3) is 0.400. The Balaban J connectivity index is 1.64. The minimum Gasteiger partial charge on any atom is -0.352 e. The van der Waals surface area contributed by atoms with Gasteiger partial charge in [0.25, 0.3) is 5.56 Å². The van der Waals surface area contributed by atoms with Crippen molar-refractivity contribution in [1.82, 2.24) is 24.5 Å². The number of carbonyl (C=O) groups is 1. The Morgan fingerprint density at radius 3 is 2.74 bits per heavy atom. The summed E-state index contributed by atoms with van der Waals surface area (Å²) < 4.78 is 3.25. The van der Waals surface area contributed by atoms with Gasteiger partial charge in [-0.15, -0.1) is 5.10 Å². The molecule has 0 saturated heterocycles. The first-order valence-electron chi connectivity index (χ1n) is 9.48. The van der Waals surface area contributed by atoms with Crippen LogP contribution in [-0.4, -0.2) is 31.1 Å². The van der Waals surface area contributed by atoms with Crippen LogP contribution in [0.2, 0.25) is 0 Å². The number of hydrogen-bond acceptors (Lipinski definition) is 4. The molecule has 5 rings (SSSR count). The van der Waals surface area contributed by atoms with Crippen molar-refractivity contribution in [3.8, 4) is 11.4 Å². The van der Waals surface area contributed by atoms with Crippen LogP contribution < -0.4 is 10.9 Å². The topological polar surface area (TPSA) is 81.3 Å². The van der Waals surface area contributed by atoms with Crippen LogP contribution in [0.15, 0.2) is 29.1 Å². The monoisotopic (exact) mass is 363 g/mol. The zero-order valence-corrected chi connectivity index (χ0v) is 15.2. The summed E-state index contributed by atoms with van der Waals surface area (Å²) in [7, 11) is 0. The van der Waals surface area contributed by atoms with E-state index < -0.39 is 0 Å². The Labute approximate surface area is 156 Å². The molecular weight excluding hydrogens is 342 g/mol. The molecule has 138 valence electrons. The number of amides is 1. The Bertz CT molecular complexity index is 1110. The molecule has 7 nitrogen and oxygen atoms in total. The number of nitrogens with zero attached hydrogens (tertiary/aromatic N) is 4. The maximum Gasteiger partial charge on any atom is 0.279 e. The first-order chi connectivity index (χ1) is 13.1. The van der Waals surface area contributed by atoms with Crippen molar-refractivity contribution in [1.29, 1.82) is 0 Å². The molecule has 2 aliphatic rings. The van der Waals surface area contributed by atoms with E-state index in [-0.39, 0.29) is 18.0 Å². The van der Waals surface area contributed by atoms with Gasteiger partial charge in [-0.2, -0.15) is 9.50 Å². The zero-order valence-electron chi connectivity index (χ0n) is 15.2. The van der Waals surface area contributed by atoms with Crippen molar-refractivity contribution in [2.45, 2.75) is 51.6 Å². The van der Waals surface area contributed by atoms with Gasteiger partial charge in [0.05, 0.1) is 0 Å². The molecule has 0 bridgehead atoms. The van der Waals surface area contributed by atoms with E-state index >= 15 is 0 Å². The third-order valence-corrected chi connectivity index (χ3v) is 5.35. The highest BCUT2D eigenvalue weighted by Crippen LogP contribution is 2.23. The van der Waals surface area contributed by atoms with Gasteiger partial charge in [-0.05, 0) is 39.0 Å².